The Morgan fingerprint density at radius 1 is 1.15 bits per heavy atom. The van der Waals surface area contributed by atoms with Gasteiger partial charge in [0.15, 0.2) is 0 Å². The van der Waals surface area contributed by atoms with Gasteiger partial charge in [0.2, 0.25) is 0 Å². The van der Waals surface area contributed by atoms with Crippen molar-refractivity contribution in [2.75, 3.05) is 11.1 Å². The summed E-state index contributed by atoms with van der Waals surface area (Å²) in [6.45, 7) is 4.01. The van der Waals surface area contributed by atoms with Gasteiger partial charge in [-0.2, -0.15) is 0 Å². The lowest BCUT2D eigenvalue weighted by Gasteiger charge is -2.10. The summed E-state index contributed by atoms with van der Waals surface area (Å²) in [7, 11) is 0. The van der Waals surface area contributed by atoms with Gasteiger partial charge >= 0.3 is 0 Å². The number of benzene rings is 2. The summed E-state index contributed by atoms with van der Waals surface area (Å²) >= 11 is 0. The fourth-order valence-corrected chi connectivity index (χ4v) is 2.14. The molecular weight excluding hydrogens is 248 g/mol. The number of rotatable bonds is 4. The van der Waals surface area contributed by atoms with Gasteiger partial charge < -0.3 is 11.1 Å². The first kappa shape index (κ1) is 14.1. The van der Waals surface area contributed by atoms with E-state index in [-0.39, 0.29) is 5.91 Å². The second kappa shape index (κ2) is 6.24. The topological polar surface area (TPSA) is 55.1 Å². The number of carbonyl (C=O) groups is 1. The second-order valence-electron chi connectivity index (χ2n) is 4.92. The van der Waals surface area contributed by atoms with Crippen molar-refractivity contribution in [2.45, 2.75) is 26.7 Å². The Morgan fingerprint density at radius 3 is 2.50 bits per heavy atom. The summed E-state index contributed by atoms with van der Waals surface area (Å²) in [6, 6.07) is 13.3. The number of anilines is 2. The first-order chi connectivity index (χ1) is 9.61. The lowest BCUT2D eigenvalue weighted by Crippen LogP contribution is -2.14. The van der Waals surface area contributed by atoms with Crippen molar-refractivity contribution in [3.8, 4) is 0 Å². The highest BCUT2D eigenvalue weighted by atomic mass is 16.1. The Bertz CT molecular complexity index is 603. The largest absolute Gasteiger partial charge is 0.398 e. The third kappa shape index (κ3) is 3.18. The van der Waals surface area contributed by atoms with Crippen LogP contribution in [0.5, 0.6) is 0 Å². The summed E-state index contributed by atoms with van der Waals surface area (Å²) in [6.07, 6.45) is 2.18. The van der Waals surface area contributed by atoms with Crippen LogP contribution >= 0.6 is 0 Å². The molecule has 0 saturated heterocycles. The molecule has 0 fully saturated rings. The van der Waals surface area contributed by atoms with Crippen LogP contribution in [0.1, 0.15) is 34.8 Å². The molecule has 2 aromatic carbocycles. The highest BCUT2D eigenvalue weighted by molar-refractivity contribution is 6.06. The molecule has 0 unspecified atom stereocenters. The first-order valence-corrected chi connectivity index (χ1v) is 6.87. The lowest BCUT2D eigenvalue weighted by molar-refractivity contribution is 0.102. The molecule has 0 aromatic heterocycles. The summed E-state index contributed by atoms with van der Waals surface area (Å²) in [5.41, 5.74) is 9.97. The average Bonchev–Trinajstić information content (AvgIpc) is 2.44. The molecule has 0 heterocycles. The molecule has 3 nitrogen and oxygen atoms in total. The van der Waals surface area contributed by atoms with Crippen LogP contribution in [0.3, 0.4) is 0 Å². The Labute approximate surface area is 119 Å². The van der Waals surface area contributed by atoms with E-state index in [0.717, 1.165) is 24.1 Å². The number of aryl methyl sites for hydroxylation is 1. The van der Waals surface area contributed by atoms with E-state index in [0.29, 0.717) is 11.3 Å². The van der Waals surface area contributed by atoms with E-state index in [2.05, 4.69) is 12.2 Å². The van der Waals surface area contributed by atoms with Crippen LogP contribution in [-0.4, -0.2) is 5.91 Å². The van der Waals surface area contributed by atoms with E-state index >= 15 is 0 Å². The van der Waals surface area contributed by atoms with Crippen LogP contribution in [0, 0.1) is 6.92 Å². The molecule has 3 N–H and O–H groups in total. The molecule has 3 heteroatoms. The summed E-state index contributed by atoms with van der Waals surface area (Å²) in [4.78, 5) is 12.2. The zero-order valence-corrected chi connectivity index (χ0v) is 11.9. The predicted molar refractivity (Wildman–Crippen MR) is 84.0 cm³/mol. The van der Waals surface area contributed by atoms with Crippen LogP contribution in [0.15, 0.2) is 42.5 Å². The Balaban J connectivity index is 2.13. The van der Waals surface area contributed by atoms with Gasteiger partial charge in [-0.25, -0.2) is 0 Å². The number of carbonyl (C=O) groups excluding carboxylic acids is 1. The maximum atomic E-state index is 12.2. The number of hydrogen-bond acceptors (Lipinski definition) is 2. The van der Waals surface area contributed by atoms with Gasteiger partial charge in [-0.3, -0.25) is 4.79 Å². The van der Waals surface area contributed by atoms with Crippen LogP contribution in [0.25, 0.3) is 0 Å². The quantitative estimate of drug-likeness (QED) is 0.829. The Hall–Kier alpha value is -2.29. The minimum Gasteiger partial charge on any atom is -0.398 e. The highest BCUT2D eigenvalue weighted by Gasteiger charge is 2.10. The zero-order chi connectivity index (χ0) is 14.5. The maximum absolute atomic E-state index is 12.2. The van der Waals surface area contributed by atoms with Crippen LogP contribution in [0.4, 0.5) is 11.4 Å². The number of nitrogens with one attached hydrogen (secondary N) is 1. The number of amides is 1. The van der Waals surface area contributed by atoms with Crippen molar-refractivity contribution in [1.82, 2.24) is 0 Å². The second-order valence-corrected chi connectivity index (χ2v) is 4.92. The molecule has 0 atom stereocenters. The van der Waals surface area contributed by atoms with Gasteiger partial charge in [0.25, 0.3) is 5.91 Å². The third-order valence-electron chi connectivity index (χ3n) is 3.37. The normalized spacial score (nSPS) is 10.3. The van der Waals surface area contributed by atoms with Crippen molar-refractivity contribution >= 4 is 17.3 Å². The van der Waals surface area contributed by atoms with Crippen molar-refractivity contribution in [2.24, 2.45) is 0 Å². The van der Waals surface area contributed by atoms with E-state index < -0.39 is 0 Å². The van der Waals surface area contributed by atoms with Gasteiger partial charge in [0.1, 0.15) is 0 Å². The molecule has 0 radical (unpaired) electrons. The molecule has 20 heavy (non-hydrogen) atoms. The van der Waals surface area contributed by atoms with Gasteiger partial charge in [-0.1, -0.05) is 31.5 Å². The first-order valence-electron chi connectivity index (χ1n) is 6.87. The third-order valence-corrected chi connectivity index (χ3v) is 3.37. The minimum atomic E-state index is -0.127. The molecule has 104 valence electrons. The molecular formula is C17H20N2O. The summed E-state index contributed by atoms with van der Waals surface area (Å²) in [5, 5.41) is 2.90. The summed E-state index contributed by atoms with van der Waals surface area (Å²) in [5.74, 6) is -0.127. The van der Waals surface area contributed by atoms with Gasteiger partial charge in [-0.15, -0.1) is 0 Å². The standard InChI is InChI=1S/C17H20N2O/c1-3-5-13-8-10-14(11-9-13)19-17(20)15-6-4-7-16(18)12(15)2/h4,6-11H,3,5,18H2,1-2H3,(H,19,20). The minimum absolute atomic E-state index is 0.127. The van der Waals surface area contributed by atoms with E-state index in [1.165, 1.54) is 5.56 Å². The molecule has 0 bridgehead atoms. The highest BCUT2D eigenvalue weighted by Crippen LogP contribution is 2.18. The number of nitrogens with two attached hydrogens (primary N) is 1. The van der Waals surface area contributed by atoms with Crippen molar-refractivity contribution in [3.05, 3.63) is 59.2 Å². The van der Waals surface area contributed by atoms with Crippen molar-refractivity contribution in [3.63, 3.8) is 0 Å². The van der Waals surface area contributed by atoms with Crippen molar-refractivity contribution in [1.29, 1.82) is 0 Å². The smallest absolute Gasteiger partial charge is 0.256 e. The van der Waals surface area contributed by atoms with Crippen LogP contribution in [0.2, 0.25) is 0 Å². The predicted octanol–water partition coefficient (Wildman–Crippen LogP) is 3.78. The van der Waals surface area contributed by atoms with Gasteiger partial charge in [0.05, 0.1) is 0 Å². The SMILES string of the molecule is CCCc1ccc(NC(=O)c2cccc(N)c2C)cc1. The van der Waals surface area contributed by atoms with Gasteiger partial charge in [0, 0.05) is 16.9 Å². The molecule has 0 spiro atoms. The Kier molecular flexibility index (Phi) is 4.41. The molecule has 0 aliphatic carbocycles. The van der Waals surface area contributed by atoms with E-state index in [9.17, 15) is 4.79 Å². The fourth-order valence-electron chi connectivity index (χ4n) is 2.14. The molecule has 0 aliphatic rings. The van der Waals surface area contributed by atoms with Crippen LogP contribution < -0.4 is 11.1 Å². The molecule has 2 aromatic rings. The number of hydrogen-bond donors (Lipinski definition) is 2. The lowest BCUT2D eigenvalue weighted by atomic mass is 10.1. The van der Waals surface area contributed by atoms with E-state index in [4.69, 9.17) is 5.73 Å². The molecule has 2 rings (SSSR count). The van der Waals surface area contributed by atoms with Crippen LogP contribution in [-0.2, 0) is 6.42 Å². The monoisotopic (exact) mass is 268 g/mol. The molecule has 1 amide bonds. The molecule has 0 aliphatic heterocycles. The van der Waals surface area contributed by atoms with Gasteiger partial charge in [-0.05, 0) is 48.7 Å². The average molecular weight is 268 g/mol. The fraction of sp³-hybridized carbons (Fsp3) is 0.235. The summed E-state index contributed by atoms with van der Waals surface area (Å²) < 4.78 is 0. The number of nitrogen functional groups attached to an aromatic ring is 1. The van der Waals surface area contributed by atoms with E-state index in [1.54, 1.807) is 18.2 Å². The van der Waals surface area contributed by atoms with Crippen molar-refractivity contribution < 1.29 is 4.79 Å². The van der Waals surface area contributed by atoms with E-state index in [1.807, 2.05) is 31.2 Å². The zero-order valence-electron chi connectivity index (χ0n) is 11.9. The Morgan fingerprint density at radius 2 is 1.85 bits per heavy atom. The molecule has 0 saturated carbocycles. The maximum Gasteiger partial charge on any atom is 0.256 e.